The molecule has 3 rings (SSSR count). The van der Waals surface area contributed by atoms with Gasteiger partial charge in [-0.2, -0.15) is 0 Å². The van der Waals surface area contributed by atoms with Crippen LogP contribution in [0.15, 0.2) is 12.1 Å². The summed E-state index contributed by atoms with van der Waals surface area (Å²) < 4.78 is 16.6. The van der Waals surface area contributed by atoms with Crippen molar-refractivity contribution in [2.45, 2.75) is 32.4 Å². The Morgan fingerprint density at radius 1 is 0.815 bits per heavy atom. The van der Waals surface area contributed by atoms with Crippen molar-refractivity contribution >= 4 is 0 Å². The number of piperazine rings is 1. The third kappa shape index (κ3) is 4.68. The standard InChI is InChI=1S/C21H35N3O3/c1-5-22-12-14-24(15-13-22)18-8-10-23(11-9-18)16-17-6-7-19(25-2)21(27-4)20(17)26-3/h6-7,18H,5,8-16H2,1-4H3/p+3. The Kier molecular flexibility index (Phi) is 7.21. The molecule has 0 saturated carbocycles. The molecule has 3 N–H and O–H groups in total. The summed E-state index contributed by atoms with van der Waals surface area (Å²) in [6, 6.07) is 4.97. The summed E-state index contributed by atoms with van der Waals surface area (Å²) in [5.74, 6) is 2.24. The van der Waals surface area contributed by atoms with Crippen molar-refractivity contribution in [3.8, 4) is 17.2 Å². The molecule has 2 fully saturated rings. The van der Waals surface area contributed by atoms with Gasteiger partial charge < -0.3 is 28.9 Å². The SMILES string of the molecule is CC[NH+]1CC[NH+](C2CC[NH+](Cc3ccc(OC)c(OC)c3OC)CC2)CC1. The molecule has 2 saturated heterocycles. The quantitative estimate of drug-likeness (QED) is 0.516. The zero-order chi connectivity index (χ0) is 19.2. The first kappa shape index (κ1) is 20.2. The smallest absolute Gasteiger partial charge is 0.203 e. The summed E-state index contributed by atoms with van der Waals surface area (Å²) in [6.45, 7) is 12.5. The molecule has 2 heterocycles. The first-order chi connectivity index (χ1) is 13.2. The molecule has 0 atom stereocenters. The number of hydrogen-bond donors (Lipinski definition) is 3. The largest absolute Gasteiger partial charge is 0.493 e. The highest BCUT2D eigenvalue weighted by atomic mass is 16.5. The van der Waals surface area contributed by atoms with Crippen LogP contribution < -0.4 is 28.9 Å². The maximum Gasteiger partial charge on any atom is 0.203 e. The molecule has 0 amide bonds. The third-order valence-electron chi connectivity index (χ3n) is 6.60. The number of benzene rings is 1. The number of nitrogens with one attached hydrogen (secondary N) is 3. The summed E-state index contributed by atoms with van der Waals surface area (Å²) in [7, 11) is 5.05. The van der Waals surface area contributed by atoms with Gasteiger partial charge in [-0.25, -0.2) is 0 Å². The highest BCUT2D eigenvalue weighted by Crippen LogP contribution is 2.39. The van der Waals surface area contributed by atoms with Crippen LogP contribution in [0.5, 0.6) is 17.2 Å². The molecule has 2 aliphatic heterocycles. The predicted octanol–water partition coefficient (Wildman–Crippen LogP) is -1.94. The second-order valence-corrected chi connectivity index (χ2v) is 7.96. The molecule has 152 valence electrons. The Morgan fingerprint density at radius 2 is 1.48 bits per heavy atom. The topological polar surface area (TPSA) is 41.0 Å². The van der Waals surface area contributed by atoms with E-state index in [4.69, 9.17) is 14.2 Å². The van der Waals surface area contributed by atoms with Crippen molar-refractivity contribution in [3.63, 3.8) is 0 Å². The lowest BCUT2D eigenvalue weighted by molar-refractivity contribution is -1.03. The van der Waals surface area contributed by atoms with E-state index < -0.39 is 0 Å². The Hall–Kier alpha value is -1.50. The molecule has 0 aliphatic carbocycles. The summed E-state index contributed by atoms with van der Waals surface area (Å²) >= 11 is 0. The van der Waals surface area contributed by atoms with E-state index in [0.29, 0.717) is 5.75 Å². The van der Waals surface area contributed by atoms with E-state index in [0.717, 1.165) is 24.1 Å². The number of methoxy groups -OCH3 is 3. The molecular formula is C21H38N3O3+3. The van der Waals surface area contributed by atoms with E-state index in [9.17, 15) is 0 Å². The maximum atomic E-state index is 5.66. The summed E-state index contributed by atoms with van der Waals surface area (Å²) in [5, 5.41) is 0. The lowest BCUT2D eigenvalue weighted by Gasteiger charge is -2.37. The number of hydrogen-bond acceptors (Lipinski definition) is 3. The maximum absolute atomic E-state index is 5.66. The minimum absolute atomic E-state index is 0.701. The second kappa shape index (κ2) is 9.62. The van der Waals surface area contributed by atoms with E-state index in [2.05, 4.69) is 13.0 Å². The van der Waals surface area contributed by atoms with Gasteiger partial charge >= 0.3 is 0 Å². The molecule has 6 nitrogen and oxygen atoms in total. The van der Waals surface area contributed by atoms with Crippen LogP contribution in [0.4, 0.5) is 0 Å². The second-order valence-electron chi connectivity index (χ2n) is 7.96. The zero-order valence-corrected chi connectivity index (χ0v) is 17.5. The fourth-order valence-electron chi connectivity index (χ4n) is 4.87. The van der Waals surface area contributed by atoms with Crippen LogP contribution in [-0.2, 0) is 6.54 Å². The van der Waals surface area contributed by atoms with Gasteiger partial charge in [0.15, 0.2) is 11.5 Å². The Bertz CT molecular complexity index is 595. The molecule has 0 unspecified atom stereocenters. The van der Waals surface area contributed by atoms with Crippen molar-refractivity contribution in [1.29, 1.82) is 0 Å². The molecule has 0 spiro atoms. The van der Waals surface area contributed by atoms with Gasteiger partial charge in [0.2, 0.25) is 5.75 Å². The van der Waals surface area contributed by atoms with Gasteiger partial charge in [-0.3, -0.25) is 0 Å². The molecule has 0 bridgehead atoms. The summed E-state index contributed by atoms with van der Waals surface area (Å²) in [5.41, 5.74) is 1.20. The number of likely N-dealkylation sites (N-methyl/N-ethyl adjacent to an activating group) is 1. The van der Waals surface area contributed by atoms with E-state index in [1.54, 1.807) is 31.1 Å². The molecule has 27 heavy (non-hydrogen) atoms. The van der Waals surface area contributed by atoms with Gasteiger partial charge in [0.05, 0.1) is 52.6 Å². The van der Waals surface area contributed by atoms with Crippen molar-refractivity contribution in [1.82, 2.24) is 0 Å². The van der Waals surface area contributed by atoms with Crippen LogP contribution in [-0.4, -0.2) is 73.2 Å². The molecule has 2 aliphatic rings. The Labute approximate surface area is 164 Å². The molecule has 1 aromatic rings. The van der Waals surface area contributed by atoms with E-state index >= 15 is 0 Å². The molecule has 6 heteroatoms. The monoisotopic (exact) mass is 380 g/mol. The van der Waals surface area contributed by atoms with E-state index in [1.807, 2.05) is 11.0 Å². The van der Waals surface area contributed by atoms with Crippen molar-refractivity contribution < 1.29 is 28.9 Å². The van der Waals surface area contributed by atoms with Gasteiger partial charge in [-0.15, -0.1) is 0 Å². The predicted molar refractivity (Wildman–Crippen MR) is 105 cm³/mol. The van der Waals surface area contributed by atoms with Gasteiger partial charge in [-0.1, -0.05) is 0 Å². The fraction of sp³-hybridized carbons (Fsp3) is 0.714. The van der Waals surface area contributed by atoms with Crippen molar-refractivity contribution in [2.75, 3.05) is 67.1 Å². The van der Waals surface area contributed by atoms with Gasteiger partial charge in [0.1, 0.15) is 32.7 Å². The van der Waals surface area contributed by atoms with E-state index in [1.165, 1.54) is 64.2 Å². The summed E-state index contributed by atoms with van der Waals surface area (Å²) in [4.78, 5) is 5.28. The van der Waals surface area contributed by atoms with Gasteiger partial charge in [0.25, 0.3) is 0 Å². The number of quaternary nitrogens is 3. The lowest BCUT2D eigenvalue weighted by Crippen LogP contribution is -3.30. The van der Waals surface area contributed by atoms with Gasteiger partial charge in [0, 0.05) is 12.8 Å². The molecular weight excluding hydrogens is 342 g/mol. The van der Waals surface area contributed by atoms with Crippen LogP contribution >= 0.6 is 0 Å². The normalized spacial score (nSPS) is 28.6. The van der Waals surface area contributed by atoms with E-state index in [-0.39, 0.29) is 0 Å². The third-order valence-corrected chi connectivity index (χ3v) is 6.60. The summed E-state index contributed by atoms with van der Waals surface area (Å²) in [6.07, 6.45) is 2.67. The van der Waals surface area contributed by atoms with Crippen LogP contribution in [0, 0.1) is 0 Å². The minimum atomic E-state index is 0.701. The molecule has 1 aromatic carbocycles. The highest BCUT2D eigenvalue weighted by molar-refractivity contribution is 5.55. The minimum Gasteiger partial charge on any atom is -0.493 e. The van der Waals surface area contributed by atoms with Crippen molar-refractivity contribution in [3.05, 3.63) is 17.7 Å². The number of likely N-dealkylation sites (tertiary alicyclic amines) is 1. The van der Waals surface area contributed by atoms with Crippen LogP contribution in [0.3, 0.4) is 0 Å². The average Bonchev–Trinajstić information content (AvgIpc) is 2.73. The number of piperidine rings is 1. The van der Waals surface area contributed by atoms with Gasteiger partial charge in [-0.05, 0) is 19.1 Å². The number of rotatable bonds is 7. The zero-order valence-electron chi connectivity index (χ0n) is 17.5. The Morgan fingerprint density at radius 3 is 2.04 bits per heavy atom. The van der Waals surface area contributed by atoms with Crippen LogP contribution in [0.25, 0.3) is 0 Å². The fourth-order valence-corrected chi connectivity index (χ4v) is 4.87. The average molecular weight is 381 g/mol. The molecule has 0 aromatic heterocycles. The number of ether oxygens (including phenoxy) is 3. The first-order valence-electron chi connectivity index (χ1n) is 10.5. The Balaban J connectivity index is 1.56. The molecule has 0 radical (unpaired) electrons. The van der Waals surface area contributed by atoms with Crippen LogP contribution in [0.1, 0.15) is 25.3 Å². The first-order valence-corrected chi connectivity index (χ1v) is 10.5. The lowest BCUT2D eigenvalue weighted by atomic mass is 10.0. The van der Waals surface area contributed by atoms with Crippen molar-refractivity contribution in [2.24, 2.45) is 0 Å². The highest BCUT2D eigenvalue weighted by Gasteiger charge is 2.33. The van der Waals surface area contributed by atoms with Crippen LogP contribution in [0.2, 0.25) is 0 Å².